The number of ketones is 1. The van der Waals surface area contributed by atoms with Gasteiger partial charge >= 0.3 is 0 Å². The highest BCUT2D eigenvalue weighted by molar-refractivity contribution is 7.99. The molecule has 1 unspecified atom stereocenters. The number of rotatable bonds is 4. The van der Waals surface area contributed by atoms with Gasteiger partial charge in [0, 0.05) is 24.6 Å². The van der Waals surface area contributed by atoms with E-state index in [2.05, 4.69) is 29.6 Å². The molecule has 1 aromatic rings. The molecule has 134 valence electrons. The minimum atomic E-state index is -0.290. The van der Waals surface area contributed by atoms with Gasteiger partial charge < -0.3 is 10.2 Å². The zero-order valence-corrected chi connectivity index (χ0v) is 15.4. The summed E-state index contributed by atoms with van der Waals surface area (Å²) in [6, 6.07) is 8.30. The Morgan fingerprint density at radius 2 is 2.04 bits per heavy atom. The maximum absolute atomic E-state index is 12.9. The van der Waals surface area contributed by atoms with Crippen LogP contribution in [-0.2, 0) is 22.4 Å². The lowest BCUT2D eigenvalue weighted by Crippen LogP contribution is -2.47. The SMILES string of the molecule is O=C(C[C@@H]1CCc2ccccc2C1)C1CCN[C@H]1C(=O)N1CCSC1. The summed E-state index contributed by atoms with van der Waals surface area (Å²) in [5.74, 6) is 2.52. The molecular formula is C20H26N2O2S. The molecule has 2 heterocycles. The fourth-order valence-corrected chi connectivity index (χ4v) is 5.43. The number of nitrogens with one attached hydrogen (secondary N) is 1. The van der Waals surface area contributed by atoms with Gasteiger partial charge in [-0.3, -0.25) is 9.59 Å². The van der Waals surface area contributed by atoms with Gasteiger partial charge in [0.15, 0.2) is 0 Å². The average molecular weight is 359 g/mol. The van der Waals surface area contributed by atoms with E-state index in [0.29, 0.717) is 18.1 Å². The number of Topliss-reactive ketones (excluding diaryl/α,β-unsaturated/α-hetero) is 1. The largest absolute Gasteiger partial charge is 0.331 e. The Morgan fingerprint density at radius 1 is 1.20 bits per heavy atom. The average Bonchev–Trinajstić information content (AvgIpc) is 3.33. The lowest BCUT2D eigenvalue weighted by atomic mass is 9.79. The number of fused-ring (bicyclic) bond motifs is 1. The van der Waals surface area contributed by atoms with Crippen molar-refractivity contribution >= 4 is 23.5 Å². The van der Waals surface area contributed by atoms with E-state index < -0.39 is 0 Å². The summed E-state index contributed by atoms with van der Waals surface area (Å²) in [5, 5.41) is 3.30. The first-order chi connectivity index (χ1) is 12.2. The molecule has 1 aromatic carbocycles. The van der Waals surface area contributed by atoms with Crippen LogP contribution in [0.5, 0.6) is 0 Å². The van der Waals surface area contributed by atoms with Crippen LogP contribution in [0.3, 0.4) is 0 Å². The van der Waals surface area contributed by atoms with Crippen molar-refractivity contribution in [3.8, 4) is 0 Å². The first-order valence-corrected chi connectivity index (χ1v) is 10.6. The van der Waals surface area contributed by atoms with Crippen molar-refractivity contribution in [2.24, 2.45) is 11.8 Å². The van der Waals surface area contributed by atoms with Gasteiger partial charge in [-0.05, 0) is 49.3 Å². The normalized spacial score (nSPS) is 28.8. The number of hydrogen-bond donors (Lipinski definition) is 1. The van der Waals surface area contributed by atoms with E-state index in [1.54, 1.807) is 11.8 Å². The van der Waals surface area contributed by atoms with Gasteiger partial charge in [0.2, 0.25) is 5.91 Å². The summed E-state index contributed by atoms with van der Waals surface area (Å²) in [6.07, 6.45) is 4.59. The topological polar surface area (TPSA) is 49.4 Å². The molecule has 0 aromatic heterocycles. The van der Waals surface area contributed by atoms with Crippen LogP contribution in [0.15, 0.2) is 24.3 Å². The fourth-order valence-electron chi connectivity index (χ4n) is 4.48. The van der Waals surface area contributed by atoms with Crippen LogP contribution in [0.4, 0.5) is 0 Å². The lowest BCUT2D eigenvalue weighted by molar-refractivity contribution is -0.136. The van der Waals surface area contributed by atoms with Crippen LogP contribution in [0.1, 0.15) is 30.4 Å². The molecule has 3 aliphatic rings. The number of amides is 1. The van der Waals surface area contributed by atoms with Crippen molar-refractivity contribution in [3.63, 3.8) is 0 Å². The van der Waals surface area contributed by atoms with E-state index in [-0.39, 0.29) is 17.9 Å². The van der Waals surface area contributed by atoms with Gasteiger partial charge in [0.1, 0.15) is 5.78 Å². The summed E-state index contributed by atoms with van der Waals surface area (Å²) in [7, 11) is 0. The molecular weight excluding hydrogens is 332 g/mol. The quantitative estimate of drug-likeness (QED) is 0.897. The number of thioether (sulfide) groups is 1. The van der Waals surface area contributed by atoms with Gasteiger partial charge in [-0.25, -0.2) is 0 Å². The van der Waals surface area contributed by atoms with E-state index in [9.17, 15) is 9.59 Å². The van der Waals surface area contributed by atoms with Crippen molar-refractivity contribution in [1.29, 1.82) is 0 Å². The molecule has 2 aliphatic heterocycles. The molecule has 5 heteroatoms. The molecule has 3 atom stereocenters. The van der Waals surface area contributed by atoms with Crippen LogP contribution in [-0.4, -0.2) is 47.4 Å². The monoisotopic (exact) mass is 358 g/mol. The standard InChI is InChI=1S/C20H26N2O2S/c23-18(12-14-5-6-15-3-1-2-4-16(15)11-14)17-7-8-21-19(17)20(24)22-9-10-25-13-22/h1-4,14,17,19,21H,5-13H2/t14-,17?,19-/m1/s1. The zero-order chi connectivity index (χ0) is 17.2. The second kappa shape index (κ2) is 7.50. The third-order valence-corrected chi connectivity index (χ3v) is 6.87. The molecule has 0 bridgehead atoms. The number of hydrogen-bond acceptors (Lipinski definition) is 4. The second-order valence-electron chi connectivity index (χ2n) is 7.51. The van der Waals surface area contributed by atoms with Crippen molar-refractivity contribution in [2.45, 2.75) is 38.1 Å². The molecule has 4 rings (SSSR count). The highest BCUT2D eigenvalue weighted by Crippen LogP contribution is 2.30. The number of nitrogens with zero attached hydrogens (tertiary/aromatic N) is 1. The highest BCUT2D eigenvalue weighted by atomic mass is 32.2. The van der Waals surface area contributed by atoms with Crippen LogP contribution in [0, 0.1) is 11.8 Å². The molecule has 1 amide bonds. The molecule has 1 N–H and O–H groups in total. The number of carbonyl (C=O) groups excluding carboxylic acids is 2. The number of benzene rings is 1. The maximum Gasteiger partial charge on any atom is 0.241 e. The fraction of sp³-hybridized carbons (Fsp3) is 0.600. The first-order valence-electron chi connectivity index (χ1n) is 9.42. The highest BCUT2D eigenvalue weighted by Gasteiger charge is 2.40. The molecule has 0 spiro atoms. The molecule has 25 heavy (non-hydrogen) atoms. The van der Waals surface area contributed by atoms with Crippen LogP contribution in [0.2, 0.25) is 0 Å². The maximum atomic E-state index is 12.9. The second-order valence-corrected chi connectivity index (χ2v) is 8.59. The number of aryl methyl sites for hydroxylation is 1. The molecule has 0 saturated carbocycles. The van der Waals surface area contributed by atoms with Crippen molar-refractivity contribution in [2.75, 3.05) is 24.7 Å². The zero-order valence-electron chi connectivity index (χ0n) is 14.6. The predicted molar refractivity (Wildman–Crippen MR) is 101 cm³/mol. The molecule has 2 saturated heterocycles. The number of carbonyl (C=O) groups is 2. The summed E-state index contributed by atoms with van der Waals surface area (Å²) >= 11 is 1.79. The molecule has 0 radical (unpaired) electrons. The van der Waals surface area contributed by atoms with Crippen molar-refractivity contribution in [1.82, 2.24) is 10.2 Å². The Balaban J connectivity index is 1.38. The van der Waals surface area contributed by atoms with Gasteiger partial charge in [-0.2, -0.15) is 0 Å². The van der Waals surface area contributed by atoms with E-state index >= 15 is 0 Å². The van der Waals surface area contributed by atoms with Gasteiger partial charge in [-0.1, -0.05) is 24.3 Å². The summed E-state index contributed by atoms with van der Waals surface area (Å²) in [5.41, 5.74) is 2.84. The summed E-state index contributed by atoms with van der Waals surface area (Å²) in [4.78, 5) is 27.6. The third kappa shape index (κ3) is 3.63. The Labute approximate surface area is 153 Å². The van der Waals surface area contributed by atoms with E-state index in [0.717, 1.165) is 50.4 Å². The first kappa shape index (κ1) is 17.1. The van der Waals surface area contributed by atoms with Crippen molar-refractivity contribution < 1.29 is 9.59 Å². The lowest BCUT2D eigenvalue weighted by Gasteiger charge is -2.27. The van der Waals surface area contributed by atoms with Crippen LogP contribution < -0.4 is 5.32 Å². The van der Waals surface area contributed by atoms with Crippen LogP contribution in [0.25, 0.3) is 0 Å². The Morgan fingerprint density at radius 3 is 2.84 bits per heavy atom. The molecule has 4 nitrogen and oxygen atoms in total. The summed E-state index contributed by atoms with van der Waals surface area (Å²) < 4.78 is 0. The smallest absolute Gasteiger partial charge is 0.241 e. The minimum absolute atomic E-state index is 0.129. The Bertz CT molecular complexity index is 657. The predicted octanol–water partition coefficient (Wildman–Crippen LogP) is 2.26. The van der Waals surface area contributed by atoms with Gasteiger partial charge in [0.25, 0.3) is 0 Å². The van der Waals surface area contributed by atoms with Crippen molar-refractivity contribution in [3.05, 3.63) is 35.4 Å². The van der Waals surface area contributed by atoms with Crippen LogP contribution >= 0.6 is 11.8 Å². The van der Waals surface area contributed by atoms with Gasteiger partial charge in [0.05, 0.1) is 11.9 Å². The Kier molecular flexibility index (Phi) is 5.13. The third-order valence-electron chi connectivity index (χ3n) is 5.90. The molecule has 2 fully saturated rings. The van der Waals surface area contributed by atoms with E-state index in [4.69, 9.17) is 0 Å². The van der Waals surface area contributed by atoms with E-state index in [1.807, 2.05) is 4.90 Å². The van der Waals surface area contributed by atoms with Gasteiger partial charge in [-0.15, -0.1) is 11.8 Å². The Hall–Kier alpha value is -1.33. The minimum Gasteiger partial charge on any atom is -0.331 e. The van der Waals surface area contributed by atoms with E-state index in [1.165, 1.54) is 11.1 Å². The molecule has 1 aliphatic carbocycles. The summed E-state index contributed by atoms with van der Waals surface area (Å²) in [6.45, 7) is 1.60.